The number of ether oxygens (including phenoxy) is 1. The maximum absolute atomic E-state index is 12.2. The summed E-state index contributed by atoms with van der Waals surface area (Å²) in [5.74, 6) is 0.705. The molecule has 5 nitrogen and oxygen atoms in total. The molecule has 0 aliphatic heterocycles. The van der Waals surface area contributed by atoms with E-state index in [0.29, 0.717) is 23.8 Å². The minimum Gasteiger partial charge on any atom is -0.494 e. The van der Waals surface area contributed by atoms with Crippen LogP contribution in [0, 0.1) is 0 Å². The van der Waals surface area contributed by atoms with Gasteiger partial charge in [-0.3, -0.25) is 4.79 Å². The predicted molar refractivity (Wildman–Crippen MR) is 102 cm³/mol. The summed E-state index contributed by atoms with van der Waals surface area (Å²) < 4.78 is 5.40. The molecule has 0 bridgehead atoms. The highest BCUT2D eigenvalue weighted by molar-refractivity contribution is 7.14. The smallest absolute Gasteiger partial charge is 0.230 e. The third-order valence-corrected chi connectivity index (χ3v) is 4.29. The fraction of sp³-hybridized carbons (Fsp3) is 0.158. The van der Waals surface area contributed by atoms with E-state index >= 15 is 0 Å². The number of hydrogen-bond donors (Lipinski definition) is 2. The molecule has 6 heteroatoms. The van der Waals surface area contributed by atoms with Crippen molar-refractivity contribution in [1.82, 2.24) is 4.98 Å². The largest absolute Gasteiger partial charge is 0.494 e. The van der Waals surface area contributed by atoms with Crippen molar-refractivity contribution in [1.29, 1.82) is 0 Å². The molecule has 0 saturated carbocycles. The number of nitrogens with zero attached hydrogens (tertiary/aromatic N) is 1. The highest BCUT2D eigenvalue weighted by Crippen LogP contribution is 2.26. The molecular formula is C19H19N3O2S. The Bertz CT molecular complexity index is 859. The van der Waals surface area contributed by atoms with Crippen LogP contribution in [0.25, 0.3) is 11.3 Å². The number of aromatic nitrogens is 1. The number of amides is 1. The number of nitrogens with one attached hydrogen (secondary N) is 1. The second-order valence-corrected chi connectivity index (χ2v) is 6.32. The first-order valence-corrected chi connectivity index (χ1v) is 8.85. The monoisotopic (exact) mass is 353 g/mol. The summed E-state index contributed by atoms with van der Waals surface area (Å²) in [6.45, 7) is 2.56. The quantitative estimate of drug-likeness (QED) is 0.657. The van der Waals surface area contributed by atoms with Crippen LogP contribution in [0.3, 0.4) is 0 Å². The highest BCUT2D eigenvalue weighted by atomic mass is 32.1. The Morgan fingerprint density at radius 3 is 2.76 bits per heavy atom. The summed E-state index contributed by atoms with van der Waals surface area (Å²) in [7, 11) is 0. The van der Waals surface area contributed by atoms with Gasteiger partial charge in [-0.25, -0.2) is 4.98 Å². The van der Waals surface area contributed by atoms with Crippen molar-refractivity contribution in [2.75, 3.05) is 17.7 Å². The summed E-state index contributed by atoms with van der Waals surface area (Å²) in [6.07, 6.45) is 0.291. The van der Waals surface area contributed by atoms with E-state index in [1.807, 2.05) is 60.8 Å². The van der Waals surface area contributed by atoms with E-state index in [1.54, 1.807) is 0 Å². The zero-order valence-electron chi connectivity index (χ0n) is 13.9. The molecule has 0 aliphatic rings. The zero-order chi connectivity index (χ0) is 17.6. The topological polar surface area (TPSA) is 77.2 Å². The molecule has 0 aliphatic carbocycles. The standard InChI is InChI=1S/C19H19N3O2S/c1-2-24-16-8-6-13(7-9-16)10-18(23)22-19-21-17(12-25-19)14-4-3-5-15(20)11-14/h3-9,11-12H,2,10,20H2,1H3,(H,21,22,23). The van der Waals surface area contributed by atoms with Gasteiger partial charge in [0.25, 0.3) is 0 Å². The zero-order valence-corrected chi connectivity index (χ0v) is 14.7. The lowest BCUT2D eigenvalue weighted by Gasteiger charge is -2.05. The average molecular weight is 353 g/mol. The second-order valence-electron chi connectivity index (χ2n) is 5.47. The van der Waals surface area contributed by atoms with Gasteiger partial charge >= 0.3 is 0 Å². The molecule has 0 fully saturated rings. The van der Waals surface area contributed by atoms with Crippen molar-refractivity contribution in [2.45, 2.75) is 13.3 Å². The third-order valence-electron chi connectivity index (χ3n) is 3.53. The Labute approximate surface area is 150 Å². The summed E-state index contributed by atoms with van der Waals surface area (Å²) in [6, 6.07) is 15.0. The molecule has 128 valence electrons. The van der Waals surface area contributed by atoms with E-state index in [1.165, 1.54) is 11.3 Å². The molecule has 1 heterocycles. The van der Waals surface area contributed by atoms with Crippen LogP contribution >= 0.6 is 11.3 Å². The van der Waals surface area contributed by atoms with Gasteiger partial charge in [-0.15, -0.1) is 11.3 Å². The van der Waals surface area contributed by atoms with Crippen molar-refractivity contribution in [2.24, 2.45) is 0 Å². The maximum atomic E-state index is 12.2. The van der Waals surface area contributed by atoms with E-state index in [0.717, 1.165) is 22.6 Å². The fourth-order valence-corrected chi connectivity index (χ4v) is 3.12. The Morgan fingerprint density at radius 2 is 2.04 bits per heavy atom. The molecule has 3 rings (SSSR count). The summed E-state index contributed by atoms with van der Waals surface area (Å²) in [4.78, 5) is 16.6. The third kappa shape index (κ3) is 4.58. The van der Waals surface area contributed by atoms with Gasteiger partial charge in [0, 0.05) is 16.6 Å². The van der Waals surface area contributed by atoms with Crippen LogP contribution in [0.4, 0.5) is 10.8 Å². The number of benzene rings is 2. The minimum absolute atomic E-state index is 0.0994. The Morgan fingerprint density at radius 1 is 1.24 bits per heavy atom. The molecule has 3 aromatic rings. The first kappa shape index (κ1) is 17.0. The molecule has 2 aromatic carbocycles. The Balaban J connectivity index is 1.61. The predicted octanol–water partition coefficient (Wildman–Crippen LogP) is 3.97. The molecule has 25 heavy (non-hydrogen) atoms. The summed E-state index contributed by atoms with van der Waals surface area (Å²) >= 11 is 1.39. The highest BCUT2D eigenvalue weighted by Gasteiger charge is 2.09. The van der Waals surface area contributed by atoms with Gasteiger partial charge in [0.05, 0.1) is 18.7 Å². The SMILES string of the molecule is CCOc1ccc(CC(=O)Nc2nc(-c3cccc(N)c3)cs2)cc1. The van der Waals surface area contributed by atoms with Crippen molar-refractivity contribution >= 4 is 28.1 Å². The number of rotatable bonds is 6. The number of nitrogens with two attached hydrogens (primary N) is 1. The van der Waals surface area contributed by atoms with Crippen LogP contribution in [-0.4, -0.2) is 17.5 Å². The van der Waals surface area contributed by atoms with Gasteiger partial charge in [-0.2, -0.15) is 0 Å². The number of anilines is 2. The van der Waals surface area contributed by atoms with Crippen LogP contribution in [0.5, 0.6) is 5.75 Å². The number of carbonyl (C=O) groups excluding carboxylic acids is 1. The Hall–Kier alpha value is -2.86. The first-order chi connectivity index (χ1) is 12.1. The maximum Gasteiger partial charge on any atom is 0.230 e. The van der Waals surface area contributed by atoms with E-state index < -0.39 is 0 Å². The summed E-state index contributed by atoms with van der Waals surface area (Å²) in [5.41, 5.74) is 9.14. The van der Waals surface area contributed by atoms with Crippen molar-refractivity contribution in [3.8, 4) is 17.0 Å². The van der Waals surface area contributed by atoms with Gasteiger partial charge in [0.15, 0.2) is 5.13 Å². The second kappa shape index (κ2) is 7.81. The van der Waals surface area contributed by atoms with Gasteiger partial charge in [0.2, 0.25) is 5.91 Å². The number of hydrogen-bond acceptors (Lipinski definition) is 5. The number of carbonyl (C=O) groups is 1. The number of nitrogen functional groups attached to an aromatic ring is 1. The van der Waals surface area contributed by atoms with E-state index in [9.17, 15) is 4.79 Å². The molecule has 0 radical (unpaired) electrons. The van der Waals surface area contributed by atoms with Gasteiger partial charge in [-0.05, 0) is 36.8 Å². The molecule has 0 unspecified atom stereocenters. The van der Waals surface area contributed by atoms with Crippen molar-refractivity contribution in [3.63, 3.8) is 0 Å². The lowest BCUT2D eigenvalue weighted by atomic mass is 10.1. The van der Waals surface area contributed by atoms with Gasteiger partial charge < -0.3 is 15.8 Å². The van der Waals surface area contributed by atoms with E-state index in [2.05, 4.69) is 10.3 Å². The normalized spacial score (nSPS) is 10.4. The molecule has 0 spiro atoms. The van der Waals surface area contributed by atoms with Crippen LogP contribution in [0.1, 0.15) is 12.5 Å². The van der Waals surface area contributed by atoms with E-state index in [-0.39, 0.29) is 5.91 Å². The molecule has 0 saturated heterocycles. The van der Waals surface area contributed by atoms with Gasteiger partial charge in [-0.1, -0.05) is 24.3 Å². The molecule has 1 amide bonds. The molecule has 3 N–H and O–H groups in total. The van der Waals surface area contributed by atoms with Gasteiger partial charge in [0.1, 0.15) is 5.75 Å². The average Bonchev–Trinajstić information content (AvgIpc) is 3.05. The van der Waals surface area contributed by atoms with Crippen LogP contribution in [0.2, 0.25) is 0 Å². The molecule has 0 atom stereocenters. The lowest BCUT2D eigenvalue weighted by Crippen LogP contribution is -2.14. The summed E-state index contributed by atoms with van der Waals surface area (Å²) in [5, 5.41) is 5.32. The van der Waals surface area contributed by atoms with Crippen LogP contribution in [0.15, 0.2) is 53.9 Å². The lowest BCUT2D eigenvalue weighted by molar-refractivity contribution is -0.115. The van der Waals surface area contributed by atoms with Crippen molar-refractivity contribution < 1.29 is 9.53 Å². The molecular weight excluding hydrogens is 334 g/mol. The molecule has 1 aromatic heterocycles. The Kier molecular flexibility index (Phi) is 5.30. The van der Waals surface area contributed by atoms with Crippen LogP contribution < -0.4 is 15.8 Å². The first-order valence-electron chi connectivity index (χ1n) is 7.97. The van der Waals surface area contributed by atoms with E-state index in [4.69, 9.17) is 10.5 Å². The fourth-order valence-electron chi connectivity index (χ4n) is 2.38. The van der Waals surface area contributed by atoms with Crippen molar-refractivity contribution in [3.05, 3.63) is 59.5 Å². The van der Waals surface area contributed by atoms with Crippen LogP contribution in [-0.2, 0) is 11.2 Å². The minimum atomic E-state index is -0.0994. The number of thiazole rings is 1.